The number of benzene rings is 2. The first-order valence-corrected chi connectivity index (χ1v) is 7.91. The molecule has 2 aromatic rings. The van der Waals surface area contributed by atoms with E-state index in [2.05, 4.69) is 0 Å². The monoisotopic (exact) mass is 342 g/mol. The molecular weight excluding hydrogens is 320 g/mol. The van der Waals surface area contributed by atoms with Gasteiger partial charge >= 0.3 is 0 Å². The highest BCUT2D eigenvalue weighted by Gasteiger charge is 2.07. The molecule has 0 N–H and O–H groups in total. The minimum Gasteiger partial charge on any atom is -0.493 e. The van der Waals surface area contributed by atoms with Gasteiger partial charge in [0.1, 0.15) is 19.5 Å². The molecule has 0 aliphatic heterocycles. The summed E-state index contributed by atoms with van der Waals surface area (Å²) in [5.74, 6) is 2.38. The lowest BCUT2D eigenvalue weighted by Gasteiger charge is -2.13. The Labute approximate surface area is 147 Å². The molecule has 0 spiro atoms. The fourth-order valence-electron chi connectivity index (χ4n) is 2.28. The maximum Gasteiger partial charge on any atom is 0.162 e. The van der Waals surface area contributed by atoms with Crippen molar-refractivity contribution in [1.82, 2.24) is 0 Å². The zero-order chi connectivity index (χ0) is 18.1. The van der Waals surface area contributed by atoms with E-state index in [4.69, 9.17) is 18.9 Å². The molecule has 0 fully saturated rings. The number of rotatable bonds is 9. The molecule has 0 amide bonds. The first kappa shape index (κ1) is 18.4. The third kappa shape index (κ3) is 5.01. The smallest absolute Gasteiger partial charge is 0.162 e. The Hall–Kier alpha value is -2.95. The van der Waals surface area contributed by atoms with Crippen LogP contribution in [0.1, 0.15) is 22.8 Å². The van der Waals surface area contributed by atoms with Gasteiger partial charge in [-0.3, -0.25) is 4.79 Å². The maximum atomic E-state index is 10.9. The number of hydrogen-bond donors (Lipinski definition) is 0. The van der Waals surface area contributed by atoms with Gasteiger partial charge in [-0.15, -0.1) is 0 Å². The maximum absolute atomic E-state index is 10.9. The van der Waals surface area contributed by atoms with Crippen molar-refractivity contribution in [1.29, 1.82) is 0 Å². The zero-order valence-corrected chi connectivity index (χ0v) is 14.7. The number of carbonyl (C=O) groups is 1. The van der Waals surface area contributed by atoms with Crippen molar-refractivity contribution < 1.29 is 23.7 Å². The van der Waals surface area contributed by atoms with E-state index in [0.29, 0.717) is 41.8 Å². The fraction of sp³-hybridized carbons (Fsp3) is 0.250. The molecule has 0 radical (unpaired) electrons. The topological polar surface area (TPSA) is 54.0 Å². The van der Waals surface area contributed by atoms with Gasteiger partial charge in [-0.25, -0.2) is 0 Å². The normalized spacial score (nSPS) is 10.5. The Kier molecular flexibility index (Phi) is 6.89. The van der Waals surface area contributed by atoms with Crippen molar-refractivity contribution in [3.05, 3.63) is 53.6 Å². The van der Waals surface area contributed by atoms with E-state index in [1.54, 1.807) is 32.4 Å². The van der Waals surface area contributed by atoms with E-state index in [-0.39, 0.29) is 0 Å². The van der Waals surface area contributed by atoms with Crippen LogP contribution >= 0.6 is 0 Å². The van der Waals surface area contributed by atoms with Crippen molar-refractivity contribution in [2.45, 2.75) is 6.92 Å². The predicted molar refractivity (Wildman–Crippen MR) is 97.1 cm³/mol. The predicted octanol–water partition coefficient (Wildman–Crippen LogP) is 4.01. The first-order valence-electron chi connectivity index (χ1n) is 7.91. The first-order chi connectivity index (χ1) is 12.2. The van der Waals surface area contributed by atoms with Crippen molar-refractivity contribution in [2.75, 3.05) is 27.4 Å². The lowest BCUT2D eigenvalue weighted by Crippen LogP contribution is -2.10. The van der Waals surface area contributed by atoms with Gasteiger partial charge in [-0.1, -0.05) is 18.2 Å². The molecule has 5 nitrogen and oxygen atoms in total. The lowest BCUT2D eigenvalue weighted by molar-refractivity contribution is 0.112. The van der Waals surface area contributed by atoms with Gasteiger partial charge in [0.15, 0.2) is 23.0 Å². The third-order valence-corrected chi connectivity index (χ3v) is 3.47. The average Bonchev–Trinajstić information content (AvgIpc) is 2.65. The second kappa shape index (κ2) is 9.37. The van der Waals surface area contributed by atoms with Crippen molar-refractivity contribution in [3.8, 4) is 23.0 Å². The standard InChI is InChI=1S/C20H22O5/c1-4-5-15-6-9-18(19(12-15)23-3)24-10-11-25-20-13-16(14-21)7-8-17(20)22-2/h4-9,12-14H,10-11H2,1-3H3/b5-4+. The number of carbonyl (C=O) groups excluding carboxylic acids is 1. The SMILES string of the molecule is C/C=C/c1ccc(OCCOc2cc(C=O)ccc2OC)c(OC)c1. The fourth-order valence-corrected chi connectivity index (χ4v) is 2.28. The average molecular weight is 342 g/mol. The molecule has 0 aliphatic carbocycles. The number of aldehydes is 1. The molecular formula is C20H22O5. The van der Waals surface area contributed by atoms with Gasteiger partial charge in [-0.2, -0.15) is 0 Å². The molecule has 0 unspecified atom stereocenters. The Bertz CT molecular complexity index is 737. The van der Waals surface area contributed by atoms with Crippen molar-refractivity contribution in [3.63, 3.8) is 0 Å². The summed E-state index contributed by atoms with van der Waals surface area (Å²) in [5.41, 5.74) is 1.57. The molecule has 2 rings (SSSR count). The summed E-state index contributed by atoms with van der Waals surface area (Å²) in [6.07, 6.45) is 4.71. The zero-order valence-electron chi connectivity index (χ0n) is 14.7. The van der Waals surface area contributed by atoms with E-state index < -0.39 is 0 Å². The van der Waals surface area contributed by atoms with Gasteiger partial charge in [0, 0.05) is 5.56 Å². The van der Waals surface area contributed by atoms with Crippen LogP contribution in [0.15, 0.2) is 42.5 Å². The van der Waals surface area contributed by atoms with Crippen LogP contribution in [0, 0.1) is 0 Å². The van der Waals surface area contributed by atoms with Crippen LogP contribution < -0.4 is 18.9 Å². The number of hydrogen-bond acceptors (Lipinski definition) is 5. The third-order valence-electron chi connectivity index (χ3n) is 3.47. The van der Waals surface area contributed by atoms with Gasteiger partial charge in [0.05, 0.1) is 14.2 Å². The minimum absolute atomic E-state index is 0.304. The molecule has 0 saturated heterocycles. The lowest BCUT2D eigenvalue weighted by atomic mass is 10.2. The van der Waals surface area contributed by atoms with Crippen molar-refractivity contribution >= 4 is 12.4 Å². The molecule has 0 aliphatic rings. The summed E-state index contributed by atoms with van der Waals surface area (Å²) < 4.78 is 22.0. The van der Waals surface area contributed by atoms with Gasteiger partial charge in [-0.05, 0) is 42.8 Å². The summed E-state index contributed by atoms with van der Waals surface area (Å²) in [4.78, 5) is 10.9. The molecule has 0 heterocycles. The Balaban J connectivity index is 1.96. The number of ether oxygens (including phenoxy) is 4. The molecule has 2 aromatic carbocycles. The van der Waals surface area contributed by atoms with E-state index in [1.807, 2.05) is 37.3 Å². The highest BCUT2D eigenvalue weighted by molar-refractivity contribution is 5.76. The van der Waals surface area contributed by atoms with Crippen LogP contribution in [0.2, 0.25) is 0 Å². The highest BCUT2D eigenvalue weighted by atomic mass is 16.5. The van der Waals surface area contributed by atoms with Crippen LogP contribution in [0.4, 0.5) is 0 Å². The second-order valence-corrected chi connectivity index (χ2v) is 5.14. The van der Waals surface area contributed by atoms with Gasteiger partial charge in [0.25, 0.3) is 0 Å². The van der Waals surface area contributed by atoms with Crippen LogP contribution in [-0.2, 0) is 0 Å². The van der Waals surface area contributed by atoms with E-state index in [1.165, 1.54) is 0 Å². The Morgan fingerprint density at radius 1 is 0.800 bits per heavy atom. The van der Waals surface area contributed by atoms with E-state index in [0.717, 1.165) is 11.8 Å². The minimum atomic E-state index is 0.304. The van der Waals surface area contributed by atoms with Gasteiger partial charge in [0.2, 0.25) is 0 Å². The molecule has 132 valence electrons. The van der Waals surface area contributed by atoms with E-state index in [9.17, 15) is 4.79 Å². The van der Waals surface area contributed by atoms with Gasteiger partial charge < -0.3 is 18.9 Å². The van der Waals surface area contributed by atoms with E-state index >= 15 is 0 Å². The second-order valence-electron chi connectivity index (χ2n) is 5.14. The molecule has 0 bridgehead atoms. The summed E-state index contributed by atoms with van der Waals surface area (Å²) in [5, 5.41) is 0. The molecule has 0 atom stereocenters. The molecule has 0 saturated carbocycles. The molecule has 5 heteroatoms. The molecule has 0 aromatic heterocycles. The van der Waals surface area contributed by atoms with Crippen LogP contribution in [0.25, 0.3) is 6.08 Å². The summed E-state index contributed by atoms with van der Waals surface area (Å²) in [7, 11) is 3.16. The number of allylic oxidation sites excluding steroid dienone is 1. The highest BCUT2D eigenvalue weighted by Crippen LogP contribution is 2.29. The number of methoxy groups -OCH3 is 2. The summed E-state index contributed by atoms with van der Waals surface area (Å²) in [6, 6.07) is 10.7. The Morgan fingerprint density at radius 2 is 1.40 bits per heavy atom. The quantitative estimate of drug-likeness (QED) is 0.509. The van der Waals surface area contributed by atoms with Crippen molar-refractivity contribution in [2.24, 2.45) is 0 Å². The summed E-state index contributed by atoms with van der Waals surface area (Å²) >= 11 is 0. The van der Waals surface area contributed by atoms with Crippen LogP contribution in [0.5, 0.6) is 23.0 Å². The largest absolute Gasteiger partial charge is 0.493 e. The Morgan fingerprint density at radius 3 is 2.04 bits per heavy atom. The molecule has 25 heavy (non-hydrogen) atoms. The van der Waals surface area contributed by atoms with Crippen LogP contribution in [0.3, 0.4) is 0 Å². The van der Waals surface area contributed by atoms with Crippen LogP contribution in [-0.4, -0.2) is 33.7 Å². The summed E-state index contributed by atoms with van der Waals surface area (Å²) in [6.45, 7) is 2.59.